The summed E-state index contributed by atoms with van der Waals surface area (Å²) in [6.45, 7) is 3.83. The number of anilines is 2. The van der Waals surface area contributed by atoms with Crippen molar-refractivity contribution in [2.75, 3.05) is 35.8 Å². The van der Waals surface area contributed by atoms with Crippen molar-refractivity contribution < 1.29 is 13.2 Å². The van der Waals surface area contributed by atoms with E-state index in [-0.39, 0.29) is 10.8 Å². The van der Waals surface area contributed by atoms with Crippen molar-refractivity contribution in [1.82, 2.24) is 9.88 Å². The van der Waals surface area contributed by atoms with Gasteiger partial charge < -0.3 is 9.80 Å². The summed E-state index contributed by atoms with van der Waals surface area (Å²) in [5.41, 5.74) is 2.21. The minimum absolute atomic E-state index is 0.0284. The second-order valence-electron chi connectivity index (χ2n) is 7.77. The molecule has 0 atom stereocenters. The van der Waals surface area contributed by atoms with E-state index < -0.39 is 10.0 Å². The Morgan fingerprint density at radius 1 is 1.03 bits per heavy atom. The number of nitrogens with zero attached hydrogens (tertiary/aromatic N) is 4. The summed E-state index contributed by atoms with van der Waals surface area (Å²) in [7, 11) is -3.84. The van der Waals surface area contributed by atoms with Crippen molar-refractivity contribution in [3.05, 3.63) is 83.6 Å². The predicted octanol–water partition coefficient (Wildman–Crippen LogP) is 3.02. The molecule has 1 fully saturated rings. The number of piperazine rings is 1. The molecule has 1 amide bonds. The number of aryl methyl sites for hydroxylation is 1. The monoisotopic (exact) mass is 461 g/mol. The fraction of sp³-hybridized carbons (Fsp3) is 0.208. The SMILES string of the molecule is Cc1cccc(NS(=O)(=O)c2cccc(C(=O)N3CCN(c4ncccc4C#N)CC3)c2)c1. The molecule has 1 aromatic heterocycles. The third-order valence-electron chi connectivity index (χ3n) is 5.44. The van der Waals surface area contributed by atoms with E-state index in [0.29, 0.717) is 48.8 Å². The Morgan fingerprint density at radius 2 is 1.79 bits per heavy atom. The number of hydrogen-bond acceptors (Lipinski definition) is 6. The molecule has 8 nitrogen and oxygen atoms in total. The highest BCUT2D eigenvalue weighted by Crippen LogP contribution is 2.21. The molecule has 4 rings (SSSR count). The van der Waals surface area contributed by atoms with Crippen molar-refractivity contribution in [3.8, 4) is 6.07 Å². The van der Waals surface area contributed by atoms with Crippen LogP contribution < -0.4 is 9.62 Å². The van der Waals surface area contributed by atoms with Gasteiger partial charge >= 0.3 is 0 Å². The molecular formula is C24H23N5O3S. The summed E-state index contributed by atoms with van der Waals surface area (Å²) in [6, 6.07) is 18.7. The van der Waals surface area contributed by atoms with Crippen LogP contribution in [-0.2, 0) is 10.0 Å². The lowest BCUT2D eigenvalue weighted by atomic mass is 10.1. The molecule has 2 heterocycles. The van der Waals surface area contributed by atoms with Crippen molar-refractivity contribution in [2.45, 2.75) is 11.8 Å². The number of carbonyl (C=O) groups excluding carboxylic acids is 1. The number of rotatable bonds is 5. The van der Waals surface area contributed by atoms with E-state index in [2.05, 4.69) is 15.8 Å². The average Bonchev–Trinajstić information content (AvgIpc) is 2.83. The Hall–Kier alpha value is -3.90. The van der Waals surface area contributed by atoms with E-state index in [1.807, 2.05) is 17.9 Å². The van der Waals surface area contributed by atoms with Gasteiger partial charge in [0.2, 0.25) is 0 Å². The van der Waals surface area contributed by atoms with Gasteiger partial charge in [0.05, 0.1) is 10.5 Å². The van der Waals surface area contributed by atoms with Gasteiger partial charge in [-0.25, -0.2) is 13.4 Å². The summed E-state index contributed by atoms with van der Waals surface area (Å²) in [5, 5.41) is 9.30. The molecule has 0 aliphatic carbocycles. The highest BCUT2D eigenvalue weighted by atomic mass is 32.2. The smallest absolute Gasteiger partial charge is 0.261 e. The van der Waals surface area contributed by atoms with Crippen LogP contribution in [-0.4, -0.2) is 50.4 Å². The molecule has 1 aliphatic heterocycles. The number of benzene rings is 2. The minimum atomic E-state index is -3.84. The van der Waals surface area contributed by atoms with Crippen LogP contribution in [0.4, 0.5) is 11.5 Å². The second-order valence-corrected chi connectivity index (χ2v) is 9.45. The van der Waals surface area contributed by atoms with Gasteiger partial charge in [0.1, 0.15) is 11.9 Å². The third-order valence-corrected chi connectivity index (χ3v) is 6.81. The number of nitrogens with one attached hydrogen (secondary N) is 1. The van der Waals surface area contributed by atoms with Gasteiger partial charge in [0.15, 0.2) is 0 Å². The number of amides is 1. The number of aromatic nitrogens is 1. The van der Waals surface area contributed by atoms with Crippen LogP contribution >= 0.6 is 0 Å². The lowest BCUT2D eigenvalue weighted by Gasteiger charge is -2.35. The number of nitriles is 1. The van der Waals surface area contributed by atoms with E-state index in [1.54, 1.807) is 53.6 Å². The van der Waals surface area contributed by atoms with Crippen molar-refractivity contribution in [1.29, 1.82) is 5.26 Å². The largest absolute Gasteiger partial charge is 0.352 e. The zero-order valence-corrected chi connectivity index (χ0v) is 18.9. The number of pyridine rings is 1. The zero-order valence-electron chi connectivity index (χ0n) is 18.1. The molecule has 1 saturated heterocycles. The fourth-order valence-corrected chi connectivity index (χ4v) is 4.85. The van der Waals surface area contributed by atoms with Crippen molar-refractivity contribution in [2.24, 2.45) is 0 Å². The minimum Gasteiger partial charge on any atom is -0.352 e. The summed E-state index contributed by atoms with van der Waals surface area (Å²) in [4.78, 5) is 21.1. The summed E-state index contributed by atoms with van der Waals surface area (Å²) >= 11 is 0. The van der Waals surface area contributed by atoms with Crippen LogP contribution in [0.25, 0.3) is 0 Å². The van der Waals surface area contributed by atoms with Gasteiger partial charge in [-0.1, -0.05) is 18.2 Å². The molecule has 0 spiro atoms. The van der Waals surface area contributed by atoms with Gasteiger partial charge in [-0.15, -0.1) is 0 Å². The molecule has 0 unspecified atom stereocenters. The number of carbonyl (C=O) groups is 1. The first-order valence-electron chi connectivity index (χ1n) is 10.5. The second kappa shape index (κ2) is 9.30. The van der Waals surface area contributed by atoms with Gasteiger partial charge in [-0.05, 0) is 55.0 Å². The first-order valence-corrected chi connectivity index (χ1v) is 11.9. The van der Waals surface area contributed by atoms with E-state index in [9.17, 15) is 18.5 Å². The highest BCUT2D eigenvalue weighted by Gasteiger charge is 2.25. The predicted molar refractivity (Wildman–Crippen MR) is 125 cm³/mol. The lowest BCUT2D eigenvalue weighted by molar-refractivity contribution is 0.0746. The van der Waals surface area contributed by atoms with Gasteiger partial charge in [0, 0.05) is 43.6 Å². The van der Waals surface area contributed by atoms with Crippen LogP contribution in [0.5, 0.6) is 0 Å². The van der Waals surface area contributed by atoms with E-state index in [4.69, 9.17) is 0 Å². The quantitative estimate of drug-likeness (QED) is 0.626. The van der Waals surface area contributed by atoms with E-state index in [0.717, 1.165) is 5.56 Å². The molecule has 1 N–H and O–H groups in total. The van der Waals surface area contributed by atoms with Crippen LogP contribution in [0.3, 0.4) is 0 Å². The summed E-state index contributed by atoms with van der Waals surface area (Å²) < 4.78 is 28.3. The van der Waals surface area contributed by atoms with Crippen LogP contribution in [0.2, 0.25) is 0 Å². The Bertz CT molecular complexity index is 1330. The van der Waals surface area contributed by atoms with Crippen molar-refractivity contribution >= 4 is 27.4 Å². The molecule has 3 aromatic rings. The maximum Gasteiger partial charge on any atom is 0.261 e. The standard InChI is InChI=1S/C24H23N5O3S/c1-18-5-2-8-21(15-18)27-33(31,32)22-9-3-6-19(16-22)24(30)29-13-11-28(12-14-29)23-20(17-25)7-4-10-26-23/h2-10,15-16,27H,11-14H2,1H3. The molecule has 0 saturated carbocycles. The lowest BCUT2D eigenvalue weighted by Crippen LogP contribution is -2.49. The maximum absolute atomic E-state index is 13.1. The molecule has 0 bridgehead atoms. The molecule has 9 heteroatoms. The average molecular weight is 462 g/mol. The summed E-state index contributed by atoms with van der Waals surface area (Å²) in [5.74, 6) is 0.381. The normalized spacial score (nSPS) is 13.9. The Labute approximate surface area is 193 Å². The van der Waals surface area contributed by atoms with Crippen LogP contribution in [0.15, 0.2) is 71.8 Å². The van der Waals surface area contributed by atoms with Gasteiger partial charge in [0.25, 0.3) is 15.9 Å². The van der Waals surface area contributed by atoms with Crippen LogP contribution in [0, 0.1) is 18.3 Å². The Kier molecular flexibility index (Phi) is 6.29. The molecule has 2 aromatic carbocycles. The maximum atomic E-state index is 13.1. The molecular weight excluding hydrogens is 438 g/mol. The first kappa shape index (κ1) is 22.3. The third kappa shape index (κ3) is 4.96. The van der Waals surface area contributed by atoms with Gasteiger partial charge in [-0.2, -0.15) is 5.26 Å². The van der Waals surface area contributed by atoms with Gasteiger partial charge in [-0.3, -0.25) is 9.52 Å². The molecule has 33 heavy (non-hydrogen) atoms. The molecule has 168 valence electrons. The fourth-order valence-electron chi connectivity index (χ4n) is 3.76. The summed E-state index contributed by atoms with van der Waals surface area (Å²) in [6.07, 6.45) is 1.64. The van der Waals surface area contributed by atoms with E-state index in [1.165, 1.54) is 12.1 Å². The number of hydrogen-bond donors (Lipinski definition) is 1. The van der Waals surface area contributed by atoms with Crippen molar-refractivity contribution in [3.63, 3.8) is 0 Å². The Morgan fingerprint density at radius 3 is 2.52 bits per heavy atom. The Balaban J connectivity index is 1.47. The van der Waals surface area contributed by atoms with Crippen LogP contribution in [0.1, 0.15) is 21.5 Å². The molecule has 0 radical (unpaired) electrons. The zero-order chi connectivity index (χ0) is 23.4. The first-order chi connectivity index (χ1) is 15.9. The van der Waals surface area contributed by atoms with E-state index >= 15 is 0 Å². The highest BCUT2D eigenvalue weighted by molar-refractivity contribution is 7.92. The topological polar surface area (TPSA) is 106 Å². The molecule has 1 aliphatic rings. The number of sulfonamides is 1.